The highest BCUT2D eigenvalue weighted by atomic mass is 16.2. The zero-order chi connectivity index (χ0) is 15.1. The number of nitrogens with zero attached hydrogens (tertiary/aromatic N) is 1. The van der Waals surface area contributed by atoms with Crippen molar-refractivity contribution in [1.82, 2.24) is 4.90 Å². The molecule has 1 aromatic rings. The molecule has 4 heteroatoms. The SMILES string of the molecule is CCC(C)CN(C)C(C)C(=O)Nc1ccccc1CN. The summed E-state index contributed by atoms with van der Waals surface area (Å²) in [5.41, 5.74) is 7.45. The van der Waals surface area contributed by atoms with Gasteiger partial charge in [-0.25, -0.2) is 0 Å². The molecule has 0 saturated heterocycles. The van der Waals surface area contributed by atoms with Crippen molar-refractivity contribution < 1.29 is 4.79 Å². The average molecular weight is 277 g/mol. The van der Waals surface area contributed by atoms with Gasteiger partial charge in [-0.2, -0.15) is 0 Å². The number of nitrogens with one attached hydrogen (secondary N) is 1. The third-order valence-corrected chi connectivity index (χ3v) is 3.83. The number of benzene rings is 1. The Kier molecular flexibility index (Phi) is 6.68. The molecule has 0 aliphatic rings. The number of carbonyl (C=O) groups is 1. The van der Waals surface area contributed by atoms with Crippen LogP contribution in [0.25, 0.3) is 0 Å². The van der Waals surface area contributed by atoms with Crippen LogP contribution in [0, 0.1) is 5.92 Å². The van der Waals surface area contributed by atoms with Crippen LogP contribution in [0.4, 0.5) is 5.69 Å². The Hall–Kier alpha value is -1.39. The van der Waals surface area contributed by atoms with Crippen molar-refractivity contribution in [1.29, 1.82) is 0 Å². The van der Waals surface area contributed by atoms with Crippen LogP contribution in [0.1, 0.15) is 32.8 Å². The maximum absolute atomic E-state index is 12.3. The monoisotopic (exact) mass is 277 g/mol. The average Bonchev–Trinajstić information content (AvgIpc) is 2.46. The third-order valence-electron chi connectivity index (χ3n) is 3.83. The quantitative estimate of drug-likeness (QED) is 0.805. The number of anilines is 1. The molecule has 0 fully saturated rings. The Morgan fingerprint density at radius 1 is 1.35 bits per heavy atom. The van der Waals surface area contributed by atoms with Crippen LogP contribution in [0.3, 0.4) is 0 Å². The third kappa shape index (κ3) is 4.62. The van der Waals surface area contributed by atoms with E-state index in [1.165, 1.54) is 0 Å². The normalized spacial score (nSPS) is 14.1. The van der Waals surface area contributed by atoms with E-state index in [1.807, 2.05) is 38.2 Å². The number of hydrogen-bond acceptors (Lipinski definition) is 3. The van der Waals surface area contributed by atoms with Gasteiger partial charge in [-0.15, -0.1) is 0 Å². The van der Waals surface area contributed by atoms with E-state index in [4.69, 9.17) is 5.73 Å². The Bertz CT molecular complexity index is 433. The Balaban J connectivity index is 2.65. The number of nitrogens with two attached hydrogens (primary N) is 1. The van der Waals surface area contributed by atoms with Crippen LogP contribution in [-0.4, -0.2) is 30.4 Å². The number of carbonyl (C=O) groups excluding carboxylic acids is 1. The van der Waals surface area contributed by atoms with Crippen molar-refractivity contribution in [3.8, 4) is 0 Å². The van der Waals surface area contributed by atoms with Crippen LogP contribution < -0.4 is 11.1 Å². The van der Waals surface area contributed by atoms with Gasteiger partial charge in [0.1, 0.15) is 0 Å². The highest BCUT2D eigenvalue weighted by molar-refractivity contribution is 5.95. The second-order valence-corrected chi connectivity index (χ2v) is 5.48. The van der Waals surface area contributed by atoms with Crippen molar-refractivity contribution in [2.24, 2.45) is 11.7 Å². The first-order valence-electron chi connectivity index (χ1n) is 7.28. The van der Waals surface area contributed by atoms with E-state index in [9.17, 15) is 4.79 Å². The molecule has 112 valence electrons. The minimum Gasteiger partial charge on any atom is -0.326 e. The van der Waals surface area contributed by atoms with Gasteiger partial charge in [-0.05, 0) is 31.5 Å². The molecular formula is C16H27N3O. The molecule has 1 amide bonds. The van der Waals surface area contributed by atoms with E-state index in [-0.39, 0.29) is 11.9 Å². The first-order valence-corrected chi connectivity index (χ1v) is 7.28. The summed E-state index contributed by atoms with van der Waals surface area (Å²) in [6.45, 7) is 7.64. The van der Waals surface area contributed by atoms with Gasteiger partial charge in [0.15, 0.2) is 0 Å². The fraction of sp³-hybridized carbons (Fsp3) is 0.562. The molecule has 2 atom stereocenters. The van der Waals surface area contributed by atoms with Crippen molar-refractivity contribution in [3.63, 3.8) is 0 Å². The summed E-state index contributed by atoms with van der Waals surface area (Å²) in [6.07, 6.45) is 1.12. The summed E-state index contributed by atoms with van der Waals surface area (Å²) >= 11 is 0. The molecular weight excluding hydrogens is 250 g/mol. The Labute approximate surface area is 122 Å². The van der Waals surface area contributed by atoms with E-state index in [1.54, 1.807) is 0 Å². The smallest absolute Gasteiger partial charge is 0.241 e. The van der Waals surface area contributed by atoms with Gasteiger partial charge in [-0.3, -0.25) is 9.69 Å². The zero-order valence-corrected chi connectivity index (χ0v) is 13.0. The summed E-state index contributed by atoms with van der Waals surface area (Å²) in [4.78, 5) is 14.4. The second-order valence-electron chi connectivity index (χ2n) is 5.48. The van der Waals surface area contributed by atoms with E-state index in [2.05, 4.69) is 24.1 Å². The lowest BCUT2D eigenvalue weighted by Crippen LogP contribution is -2.41. The standard InChI is InChI=1S/C16H27N3O/c1-5-12(2)11-19(4)13(3)16(20)18-15-9-7-6-8-14(15)10-17/h6-9,12-13H,5,10-11,17H2,1-4H3,(H,18,20). The molecule has 1 aromatic carbocycles. The number of amides is 1. The Morgan fingerprint density at radius 3 is 2.60 bits per heavy atom. The fourth-order valence-electron chi connectivity index (χ4n) is 2.04. The van der Waals surface area contributed by atoms with Gasteiger partial charge in [0.05, 0.1) is 6.04 Å². The molecule has 3 N–H and O–H groups in total. The molecule has 20 heavy (non-hydrogen) atoms. The molecule has 0 heterocycles. The first-order chi connectivity index (χ1) is 9.49. The van der Waals surface area contributed by atoms with Gasteiger partial charge in [0, 0.05) is 18.8 Å². The van der Waals surface area contributed by atoms with E-state index < -0.39 is 0 Å². The highest BCUT2D eigenvalue weighted by Gasteiger charge is 2.19. The molecule has 1 rings (SSSR count). The summed E-state index contributed by atoms with van der Waals surface area (Å²) in [5, 5.41) is 2.97. The summed E-state index contributed by atoms with van der Waals surface area (Å²) in [7, 11) is 1.99. The van der Waals surface area contributed by atoms with Crippen LogP contribution >= 0.6 is 0 Å². The summed E-state index contributed by atoms with van der Waals surface area (Å²) in [6, 6.07) is 7.50. The van der Waals surface area contributed by atoms with Gasteiger partial charge in [-0.1, -0.05) is 38.5 Å². The van der Waals surface area contributed by atoms with Crippen LogP contribution in [0.5, 0.6) is 0 Å². The predicted octanol–water partition coefficient (Wildman–Crippen LogP) is 2.45. The Morgan fingerprint density at radius 2 is 2.00 bits per heavy atom. The molecule has 0 aliphatic carbocycles. The lowest BCUT2D eigenvalue weighted by atomic mass is 10.1. The summed E-state index contributed by atoms with van der Waals surface area (Å²) < 4.78 is 0. The van der Waals surface area contributed by atoms with Crippen LogP contribution in [-0.2, 0) is 11.3 Å². The van der Waals surface area contributed by atoms with Crippen molar-refractivity contribution in [3.05, 3.63) is 29.8 Å². The van der Waals surface area contributed by atoms with Gasteiger partial charge in [0.25, 0.3) is 0 Å². The van der Waals surface area contributed by atoms with E-state index >= 15 is 0 Å². The molecule has 0 spiro atoms. The van der Waals surface area contributed by atoms with Crippen molar-refractivity contribution in [2.75, 3.05) is 18.9 Å². The lowest BCUT2D eigenvalue weighted by molar-refractivity contribution is -0.120. The molecule has 0 saturated carbocycles. The molecule has 0 bridgehead atoms. The molecule has 0 aliphatic heterocycles. The van der Waals surface area contributed by atoms with Gasteiger partial charge < -0.3 is 11.1 Å². The number of para-hydroxylation sites is 1. The minimum absolute atomic E-state index is 0.0108. The molecule has 0 aromatic heterocycles. The maximum atomic E-state index is 12.3. The number of rotatable bonds is 7. The largest absolute Gasteiger partial charge is 0.326 e. The number of hydrogen-bond donors (Lipinski definition) is 2. The van der Waals surface area contributed by atoms with Crippen LogP contribution in [0.2, 0.25) is 0 Å². The topological polar surface area (TPSA) is 58.4 Å². The van der Waals surface area contributed by atoms with Crippen molar-refractivity contribution >= 4 is 11.6 Å². The highest BCUT2D eigenvalue weighted by Crippen LogP contribution is 2.15. The molecule has 4 nitrogen and oxygen atoms in total. The van der Waals surface area contributed by atoms with Crippen molar-refractivity contribution in [2.45, 2.75) is 39.8 Å². The van der Waals surface area contributed by atoms with E-state index in [0.29, 0.717) is 12.5 Å². The van der Waals surface area contributed by atoms with Crippen LogP contribution in [0.15, 0.2) is 24.3 Å². The maximum Gasteiger partial charge on any atom is 0.241 e. The molecule has 0 radical (unpaired) electrons. The predicted molar refractivity (Wildman–Crippen MR) is 84.5 cm³/mol. The molecule has 2 unspecified atom stereocenters. The number of likely N-dealkylation sites (N-methyl/N-ethyl adjacent to an activating group) is 1. The fourth-order valence-corrected chi connectivity index (χ4v) is 2.04. The van der Waals surface area contributed by atoms with Gasteiger partial charge >= 0.3 is 0 Å². The first kappa shape index (κ1) is 16.7. The summed E-state index contributed by atoms with van der Waals surface area (Å²) in [5.74, 6) is 0.600. The van der Waals surface area contributed by atoms with E-state index in [0.717, 1.165) is 24.2 Å². The lowest BCUT2D eigenvalue weighted by Gasteiger charge is -2.26. The second kappa shape index (κ2) is 8.02. The minimum atomic E-state index is -0.158. The zero-order valence-electron chi connectivity index (χ0n) is 13.0. The van der Waals surface area contributed by atoms with Gasteiger partial charge in [0.2, 0.25) is 5.91 Å².